The molecule has 2 atom stereocenters. The molecule has 3 rings (SSSR count). The molecule has 23 heavy (non-hydrogen) atoms. The second-order valence-corrected chi connectivity index (χ2v) is 7.62. The third kappa shape index (κ3) is 3.56. The first kappa shape index (κ1) is 18.3. The summed E-state index contributed by atoms with van der Waals surface area (Å²) in [6, 6.07) is 10.5. The number of likely N-dealkylation sites (tertiary alicyclic amines) is 1. The van der Waals surface area contributed by atoms with Gasteiger partial charge in [-0.15, -0.1) is 12.4 Å². The lowest BCUT2D eigenvalue weighted by Crippen LogP contribution is -2.48. The Morgan fingerprint density at radius 1 is 1.26 bits per heavy atom. The largest absolute Gasteiger partial charge is 0.340 e. The maximum atomic E-state index is 13.1. The summed E-state index contributed by atoms with van der Waals surface area (Å²) in [5.74, 6) is 1.22. The van der Waals surface area contributed by atoms with Crippen LogP contribution in [0, 0.1) is 11.3 Å². The van der Waals surface area contributed by atoms with Gasteiger partial charge in [0, 0.05) is 30.5 Å². The molecule has 4 heteroatoms. The molecule has 128 valence electrons. The number of hydrogen-bond acceptors (Lipinski definition) is 2. The Labute approximate surface area is 146 Å². The molecule has 0 radical (unpaired) electrons. The monoisotopic (exact) mass is 336 g/mol. The Bertz CT molecular complexity index is 527. The normalized spacial score (nSPS) is 25.8. The van der Waals surface area contributed by atoms with Crippen molar-refractivity contribution in [1.82, 2.24) is 4.90 Å². The average Bonchev–Trinajstić information content (AvgIpc) is 2.85. The maximum Gasteiger partial charge on any atom is 0.228 e. The van der Waals surface area contributed by atoms with E-state index < -0.39 is 0 Å². The number of carbonyl (C=O) groups excluding carboxylic acids is 1. The van der Waals surface area contributed by atoms with Crippen molar-refractivity contribution in [2.24, 2.45) is 17.1 Å². The number of nitrogens with zero attached hydrogens (tertiary/aromatic N) is 1. The summed E-state index contributed by atoms with van der Waals surface area (Å²) in [5, 5.41) is 0. The fourth-order valence-corrected chi connectivity index (χ4v) is 4.27. The second-order valence-electron chi connectivity index (χ2n) is 7.62. The molecule has 1 aliphatic heterocycles. The highest BCUT2D eigenvalue weighted by Crippen LogP contribution is 2.48. The molecule has 2 N–H and O–H groups in total. The van der Waals surface area contributed by atoms with Crippen molar-refractivity contribution >= 4 is 18.3 Å². The van der Waals surface area contributed by atoms with Crippen molar-refractivity contribution in [3.05, 3.63) is 35.9 Å². The first-order chi connectivity index (χ1) is 10.5. The lowest BCUT2D eigenvalue weighted by atomic mass is 9.63. The molecule has 1 aromatic carbocycles. The lowest BCUT2D eigenvalue weighted by molar-refractivity contribution is -0.147. The Balaban J connectivity index is 0.00000192. The molecule has 3 nitrogen and oxygen atoms in total. The van der Waals surface area contributed by atoms with E-state index in [0.29, 0.717) is 18.4 Å². The van der Waals surface area contributed by atoms with E-state index in [1.54, 1.807) is 0 Å². The van der Waals surface area contributed by atoms with Gasteiger partial charge < -0.3 is 10.6 Å². The molecule has 1 aliphatic carbocycles. The van der Waals surface area contributed by atoms with Crippen LogP contribution < -0.4 is 5.73 Å². The van der Waals surface area contributed by atoms with Crippen LogP contribution in [0.15, 0.2) is 30.3 Å². The maximum absolute atomic E-state index is 13.1. The summed E-state index contributed by atoms with van der Waals surface area (Å²) < 4.78 is 0. The number of rotatable bonds is 4. The summed E-state index contributed by atoms with van der Waals surface area (Å²) in [6.07, 6.45) is 4.34. The van der Waals surface area contributed by atoms with Crippen LogP contribution in [0.25, 0.3) is 0 Å². The minimum Gasteiger partial charge on any atom is -0.340 e. The Morgan fingerprint density at radius 3 is 2.43 bits per heavy atom. The molecule has 1 saturated carbocycles. The zero-order valence-electron chi connectivity index (χ0n) is 14.2. The van der Waals surface area contributed by atoms with Crippen LogP contribution in [0.3, 0.4) is 0 Å². The molecule has 1 saturated heterocycles. The molecule has 1 amide bonds. The molecule has 2 aliphatic rings. The molecule has 2 fully saturated rings. The standard InChI is InChI=1S/C19H28N2O.ClH/c1-14(2)11-19(9-6-10-19)18(22)21-12-16(17(20)13-21)15-7-4-3-5-8-15;/h3-5,7-8,14,16-17H,6,9-13,20H2,1-2H3;1H/t16-,17+;/m0./s1. The van der Waals surface area contributed by atoms with Gasteiger partial charge in [-0.1, -0.05) is 50.6 Å². The van der Waals surface area contributed by atoms with Crippen LogP contribution in [-0.2, 0) is 4.79 Å². The smallest absolute Gasteiger partial charge is 0.228 e. The Hall–Kier alpha value is -1.06. The van der Waals surface area contributed by atoms with Gasteiger partial charge in [0.05, 0.1) is 0 Å². The number of carbonyl (C=O) groups is 1. The van der Waals surface area contributed by atoms with Crippen molar-refractivity contribution in [3.63, 3.8) is 0 Å². The average molecular weight is 337 g/mol. The van der Waals surface area contributed by atoms with Gasteiger partial charge in [-0.05, 0) is 30.7 Å². The minimum absolute atomic E-state index is 0. The highest BCUT2D eigenvalue weighted by atomic mass is 35.5. The molecular formula is C19H29ClN2O. The topological polar surface area (TPSA) is 46.3 Å². The van der Waals surface area contributed by atoms with Gasteiger partial charge in [0.15, 0.2) is 0 Å². The predicted octanol–water partition coefficient (Wildman–Crippen LogP) is 3.58. The third-order valence-corrected chi connectivity index (χ3v) is 5.44. The molecule has 1 heterocycles. The van der Waals surface area contributed by atoms with E-state index in [1.807, 2.05) is 11.0 Å². The van der Waals surface area contributed by atoms with Crippen LogP contribution in [-0.4, -0.2) is 29.9 Å². The van der Waals surface area contributed by atoms with E-state index in [2.05, 4.69) is 38.1 Å². The van der Waals surface area contributed by atoms with Gasteiger partial charge in [-0.25, -0.2) is 0 Å². The van der Waals surface area contributed by atoms with Gasteiger partial charge in [-0.2, -0.15) is 0 Å². The summed E-state index contributed by atoms with van der Waals surface area (Å²) in [7, 11) is 0. The predicted molar refractivity (Wildman–Crippen MR) is 96.7 cm³/mol. The zero-order valence-corrected chi connectivity index (χ0v) is 15.0. The van der Waals surface area contributed by atoms with E-state index in [-0.39, 0.29) is 29.8 Å². The summed E-state index contributed by atoms with van der Waals surface area (Å²) in [4.78, 5) is 15.1. The van der Waals surface area contributed by atoms with E-state index in [9.17, 15) is 4.79 Å². The highest BCUT2D eigenvalue weighted by molar-refractivity contribution is 5.85. The lowest BCUT2D eigenvalue weighted by Gasteiger charge is -2.44. The van der Waals surface area contributed by atoms with E-state index in [1.165, 1.54) is 12.0 Å². The third-order valence-electron chi connectivity index (χ3n) is 5.44. The summed E-state index contributed by atoms with van der Waals surface area (Å²) >= 11 is 0. The Kier molecular flexibility index (Phi) is 5.74. The molecule has 0 spiro atoms. The number of amides is 1. The van der Waals surface area contributed by atoms with Gasteiger partial charge in [-0.3, -0.25) is 4.79 Å². The van der Waals surface area contributed by atoms with Gasteiger partial charge >= 0.3 is 0 Å². The van der Waals surface area contributed by atoms with Crippen molar-refractivity contribution in [2.75, 3.05) is 13.1 Å². The number of nitrogens with two attached hydrogens (primary N) is 1. The quantitative estimate of drug-likeness (QED) is 0.913. The van der Waals surface area contributed by atoms with Gasteiger partial charge in [0.1, 0.15) is 0 Å². The van der Waals surface area contributed by atoms with Crippen LogP contribution in [0.2, 0.25) is 0 Å². The van der Waals surface area contributed by atoms with Crippen LogP contribution >= 0.6 is 12.4 Å². The molecule has 0 aromatic heterocycles. The van der Waals surface area contributed by atoms with Gasteiger partial charge in [0.2, 0.25) is 5.91 Å². The fraction of sp³-hybridized carbons (Fsp3) is 0.632. The summed E-state index contributed by atoms with van der Waals surface area (Å²) in [6.45, 7) is 5.92. The molecular weight excluding hydrogens is 308 g/mol. The van der Waals surface area contributed by atoms with Crippen LogP contribution in [0.5, 0.6) is 0 Å². The number of benzene rings is 1. The van der Waals surface area contributed by atoms with E-state index in [4.69, 9.17) is 5.73 Å². The first-order valence-electron chi connectivity index (χ1n) is 8.62. The molecule has 1 aromatic rings. The van der Waals surface area contributed by atoms with Gasteiger partial charge in [0.25, 0.3) is 0 Å². The van der Waals surface area contributed by atoms with Crippen LogP contribution in [0.4, 0.5) is 0 Å². The molecule has 0 unspecified atom stereocenters. The van der Waals surface area contributed by atoms with Crippen molar-refractivity contribution in [1.29, 1.82) is 0 Å². The second kappa shape index (κ2) is 7.23. The highest BCUT2D eigenvalue weighted by Gasteiger charge is 2.48. The number of halogens is 1. The minimum atomic E-state index is -0.0839. The van der Waals surface area contributed by atoms with Crippen LogP contribution in [0.1, 0.15) is 51.0 Å². The van der Waals surface area contributed by atoms with Crippen molar-refractivity contribution < 1.29 is 4.79 Å². The summed E-state index contributed by atoms with van der Waals surface area (Å²) in [5.41, 5.74) is 7.53. The molecule has 0 bridgehead atoms. The zero-order chi connectivity index (χ0) is 15.7. The fourth-order valence-electron chi connectivity index (χ4n) is 4.27. The van der Waals surface area contributed by atoms with Crippen molar-refractivity contribution in [2.45, 2.75) is 51.5 Å². The number of hydrogen-bond donors (Lipinski definition) is 1. The Morgan fingerprint density at radius 2 is 1.91 bits per heavy atom. The van der Waals surface area contributed by atoms with Crippen molar-refractivity contribution in [3.8, 4) is 0 Å². The van der Waals surface area contributed by atoms with E-state index >= 15 is 0 Å². The first-order valence-corrected chi connectivity index (χ1v) is 8.62. The van der Waals surface area contributed by atoms with E-state index in [0.717, 1.165) is 25.8 Å². The SMILES string of the molecule is CC(C)CC1(C(=O)N2C[C@@H](N)[C@H](c3ccccc3)C2)CCC1.Cl.